The zero-order valence-corrected chi connectivity index (χ0v) is 13.9. The Hall–Kier alpha value is -2.79. The first-order valence-electron chi connectivity index (χ1n) is 7.89. The molecule has 0 saturated carbocycles. The molecule has 1 N–H and O–H groups in total. The van der Waals surface area contributed by atoms with Crippen LogP contribution in [0.5, 0.6) is 5.75 Å². The highest BCUT2D eigenvalue weighted by Gasteiger charge is 2.11. The van der Waals surface area contributed by atoms with Crippen LogP contribution in [0.2, 0.25) is 0 Å². The second-order valence-corrected chi connectivity index (χ2v) is 5.83. The fourth-order valence-corrected chi connectivity index (χ4v) is 2.47. The molecular formula is C19H21N3O2. The molecule has 3 rings (SSSR count). The van der Waals surface area contributed by atoms with Crippen LogP contribution in [0, 0.1) is 0 Å². The van der Waals surface area contributed by atoms with Gasteiger partial charge in [0.2, 0.25) is 0 Å². The molecule has 0 radical (unpaired) electrons. The second-order valence-electron chi connectivity index (χ2n) is 5.83. The van der Waals surface area contributed by atoms with Crippen molar-refractivity contribution in [3.8, 4) is 22.7 Å². The number of benzene rings is 2. The van der Waals surface area contributed by atoms with Crippen LogP contribution in [0.4, 0.5) is 0 Å². The van der Waals surface area contributed by atoms with E-state index < -0.39 is 0 Å². The van der Waals surface area contributed by atoms with Gasteiger partial charge in [0.25, 0.3) is 0 Å². The van der Waals surface area contributed by atoms with E-state index in [9.17, 15) is 4.79 Å². The van der Waals surface area contributed by atoms with Gasteiger partial charge < -0.3 is 14.6 Å². The summed E-state index contributed by atoms with van der Waals surface area (Å²) in [6, 6.07) is 17.3. The zero-order valence-electron chi connectivity index (χ0n) is 13.9. The number of imidazole rings is 1. The van der Waals surface area contributed by atoms with Gasteiger partial charge in [-0.2, -0.15) is 0 Å². The maximum Gasteiger partial charge on any atom is 0.330 e. The number of ether oxygens (including phenoxy) is 1. The second kappa shape index (κ2) is 7.19. The third kappa shape index (κ3) is 3.58. The molecule has 5 nitrogen and oxygen atoms in total. The van der Waals surface area contributed by atoms with E-state index in [1.165, 1.54) is 0 Å². The number of aromatic amines is 1. The molecule has 0 spiro atoms. The predicted octanol–water partition coefficient (Wildman–Crippen LogP) is 2.77. The topological polar surface area (TPSA) is 50.3 Å². The Morgan fingerprint density at radius 3 is 2.50 bits per heavy atom. The van der Waals surface area contributed by atoms with Crippen molar-refractivity contribution in [2.24, 2.45) is 0 Å². The van der Waals surface area contributed by atoms with Crippen molar-refractivity contribution in [2.45, 2.75) is 0 Å². The summed E-state index contributed by atoms with van der Waals surface area (Å²) in [6.07, 6.45) is 1.81. The molecule has 0 amide bonds. The lowest BCUT2D eigenvalue weighted by atomic mass is 10.1. The third-order valence-electron chi connectivity index (χ3n) is 3.73. The third-order valence-corrected chi connectivity index (χ3v) is 3.73. The monoisotopic (exact) mass is 323 g/mol. The Morgan fingerprint density at radius 1 is 1.04 bits per heavy atom. The zero-order chi connectivity index (χ0) is 16.9. The molecule has 0 aliphatic heterocycles. The summed E-state index contributed by atoms with van der Waals surface area (Å²) in [5.74, 6) is 0.765. The summed E-state index contributed by atoms with van der Waals surface area (Å²) in [6.45, 7) is 1.42. The van der Waals surface area contributed by atoms with Crippen LogP contribution < -0.4 is 10.4 Å². The molecule has 0 unspecified atom stereocenters. The smallest absolute Gasteiger partial charge is 0.330 e. The number of para-hydroxylation sites is 2. The molecule has 0 fully saturated rings. The molecule has 124 valence electrons. The van der Waals surface area contributed by atoms with Crippen LogP contribution in [0.15, 0.2) is 65.6 Å². The lowest BCUT2D eigenvalue weighted by molar-refractivity contribution is 0.262. The van der Waals surface area contributed by atoms with E-state index in [1.807, 2.05) is 74.9 Å². The van der Waals surface area contributed by atoms with Crippen LogP contribution in [-0.2, 0) is 0 Å². The summed E-state index contributed by atoms with van der Waals surface area (Å²) < 4.78 is 7.49. The Bertz CT molecular complexity index is 850. The first kappa shape index (κ1) is 16.1. The van der Waals surface area contributed by atoms with E-state index in [0.29, 0.717) is 6.61 Å². The Morgan fingerprint density at radius 2 is 1.75 bits per heavy atom. The summed E-state index contributed by atoms with van der Waals surface area (Å²) in [5, 5.41) is 0. The maximum absolute atomic E-state index is 12.3. The first-order valence-corrected chi connectivity index (χ1v) is 7.89. The minimum Gasteiger partial charge on any atom is -0.492 e. The van der Waals surface area contributed by atoms with E-state index >= 15 is 0 Å². The van der Waals surface area contributed by atoms with Gasteiger partial charge in [-0.25, -0.2) is 4.79 Å². The van der Waals surface area contributed by atoms with Gasteiger partial charge >= 0.3 is 5.69 Å². The number of nitrogens with one attached hydrogen (secondary N) is 1. The molecule has 24 heavy (non-hydrogen) atoms. The van der Waals surface area contributed by atoms with E-state index in [4.69, 9.17) is 4.74 Å². The van der Waals surface area contributed by atoms with Gasteiger partial charge in [-0.3, -0.25) is 4.57 Å². The average molecular weight is 323 g/mol. The summed E-state index contributed by atoms with van der Waals surface area (Å²) >= 11 is 0. The molecule has 0 bridgehead atoms. The first-order chi connectivity index (χ1) is 11.6. The minimum atomic E-state index is -0.167. The van der Waals surface area contributed by atoms with Gasteiger partial charge in [-0.05, 0) is 38.4 Å². The molecule has 5 heteroatoms. The predicted molar refractivity (Wildman–Crippen MR) is 95.9 cm³/mol. The highest BCUT2D eigenvalue weighted by molar-refractivity contribution is 5.66. The number of aromatic nitrogens is 2. The fourth-order valence-electron chi connectivity index (χ4n) is 2.47. The SMILES string of the molecule is CN(C)CCOc1ccccc1-c1cn(-c2ccccc2)c(=O)[nH]1. The van der Waals surface area contributed by atoms with Crippen molar-refractivity contribution < 1.29 is 4.74 Å². The van der Waals surface area contributed by atoms with Gasteiger partial charge in [-0.15, -0.1) is 0 Å². The highest BCUT2D eigenvalue weighted by atomic mass is 16.5. The quantitative estimate of drug-likeness (QED) is 0.759. The van der Waals surface area contributed by atoms with Gasteiger partial charge in [-0.1, -0.05) is 30.3 Å². The molecule has 1 aromatic heterocycles. The number of rotatable bonds is 6. The van der Waals surface area contributed by atoms with E-state index in [-0.39, 0.29) is 5.69 Å². The maximum atomic E-state index is 12.3. The van der Waals surface area contributed by atoms with Crippen molar-refractivity contribution in [2.75, 3.05) is 27.2 Å². The summed E-state index contributed by atoms with van der Waals surface area (Å²) in [7, 11) is 4.01. The molecule has 0 atom stereocenters. The van der Waals surface area contributed by atoms with Crippen molar-refractivity contribution in [1.82, 2.24) is 14.5 Å². The van der Waals surface area contributed by atoms with E-state index in [1.54, 1.807) is 4.57 Å². The van der Waals surface area contributed by atoms with Crippen molar-refractivity contribution in [3.63, 3.8) is 0 Å². The van der Waals surface area contributed by atoms with Crippen LogP contribution in [0.25, 0.3) is 16.9 Å². The summed E-state index contributed by atoms with van der Waals surface area (Å²) in [5.41, 5.74) is 2.28. The van der Waals surface area contributed by atoms with Crippen molar-refractivity contribution >= 4 is 0 Å². The van der Waals surface area contributed by atoms with Gasteiger partial charge in [0, 0.05) is 18.3 Å². The largest absolute Gasteiger partial charge is 0.492 e. The fraction of sp³-hybridized carbons (Fsp3) is 0.211. The van der Waals surface area contributed by atoms with Gasteiger partial charge in [0.05, 0.1) is 11.4 Å². The molecule has 2 aromatic carbocycles. The lowest BCUT2D eigenvalue weighted by Crippen LogP contribution is -2.19. The van der Waals surface area contributed by atoms with Crippen LogP contribution >= 0.6 is 0 Å². The van der Waals surface area contributed by atoms with Crippen LogP contribution in [0.3, 0.4) is 0 Å². The van der Waals surface area contributed by atoms with Crippen LogP contribution in [-0.4, -0.2) is 41.7 Å². The Balaban J connectivity index is 1.91. The molecule has 3 aromatic rings. The molecule has 0 aliphatic carbocycles. The number of H-pyrrole nitrogens is 1. The molecule has 0 aliphatic rings. The van der Waals surface area contributed by atoms with Crippen molar-refractivity contribution in [1.29, 1.82) is 0 Å². The van der Waals surface area contributed by atoms with E-state index in [2.05, 4.69) is 9.88 Å². The molecule has 0 saturated heterocycles. The number of hydrogen-bond acceptors (Lipinski definition) is 3. The highest BCUT2D eigenvalue weighted by Crippen LogP contribution is 2.28. The Kier molecular flexibility index (Phi) is 4.82. The standard InChI is InChI=1S/C19H21N3O2/c1-21(2)12-13-24-18-11-7-6-10-16(18)17-14-22(19(23)20-17)15-8-4-3-5-9-15/h3-11,14H,12-13H2,1-2H3,(H,20,23). The summed E-state index contributed by atoms with van der Waals surface area (Å²) in [4.78, 5) is 17.3. The number of likely N-dealkylation sites (N-methyl/N-ethyl adjacent to an activating group) is 1. The normalized spacial score (nSPS) is 11.0. The average Bonchev–Trinajstić information content (AvgIpc) is 2.97. The van der Waals surface area contributed by atoms with E-state index in [0.717, 1.165) is 29.2 Å². The number of hydrogen-bond donors (Lipinski definition) is 1. The van der Waals surface area contributed by atoms with Crippen LogP contribution in [0.1, 0.15) is 0 Å². The lowest BCUT2D eigenvalue weighted by Gasteiger charge is -2.13. The Labute approximate surface area is 141 Å². The van der Waals surface area contributed by atoms with Crippen molar-refractivity contribution in [3.05, 3.63) is 71.3 Å². The minimum absolute atomic E-state index is 0.167. The molecule has 1 heterocycles. The van der Waals surface area contributed by atoms with Gasteiger partial charge in [0.1, 0.15) is 12.4 Å². The van der Waals surface area contributed by atoms with Gasteiger partial charge in [0.15, 0.2) is 0 Å². The molecular weight excluding hydrogens is 302 g/mol. The number of nitrogens with zero attached hydrogens (tertiary/aromatic N) is 2.